The number of nitrogens with one attached hydrogen (secondary N) is 1. The highest BCUT2D eigenvalue weighted by molar-refractivity contribution is 9.10. The Morgan fingerprint density at radius 1 is 1.35 bits per heavy atom. The van der Waals surface area contributed by atoms with Crippen molar-refractivity contribution in [2.45, 2.75) is 32.2 Å². The average molecular weight is 338 g/mol. The number of piperidine rings is 1. The van der Waals surface area contributed by atoms with Gasteiger partial charge < -0.3 is 9.72 Å². The molecular formula is C14H20BrN5. The fourth-order valence-electron chi connectivity index (χ4n) is 2.75. The first-order valence-electron chi connectivity index (χ1n) is 7.21. The molecule has 0 saturated carbocycles. The third-order valence-corrected chi connectivity index (χ3v) is 4.31. The van der Waals surface area contributed by atoms with E-state index in [1.807, 2.05) is 16.8 Å². The lowest BCUT2D eigenvalue weighted by molar-refractivity contribution is 0.180. The van der Waals surface area contributed by atoms with E-state index in [9.17, 15) is 0 Å². The first-order chi connectivity index (χ1) is 9.74. The quantitative estimate of drug-likeness (QED) is 0.931. The third kappa shape index (κ3) is 2.96. The molecule has 1 unspecified atom stereocenters. The second-order valence-electron chi connectivity index (χ2n) is 5.40. The maximum atomic E-state index is 4.49. The smallest absolute Gasteiger partial charge is 0.180 e. The van der Waals surface area contributed by atoms with Crippen LogP contribution >= 0.6 is 15.9 Å². The van der Waals surface area contributed by atoms with Crippen LogP contribution in [0.15, 0.2) is 23.2 Å². The summed E-state index contributed by atoms with van der Waals surface area (Å²) in [5, 5.41) is 3.45. The summed E-state index contributed by atoms with van der Waals surface area (Å²) in [6, 6.07) is 0.520. The standard InChI is InChI=1S/C14H20BrN5/c1-11(19-6-3-2-4-7-19)9-17-13-14-16-5-8-20(14)10-12(15)18-13/h5,8,10-11H,2-4,6-7,9H2,1H3,(H,17,18). The molecule has 0 bridgehead atoms. The van der Waals surface area contributed by atoms with Crippen LogP contribution in [0.4, 0.5) is 5.82 Å². The maximum Gasteiger partial charge on any atom is 0.180 e. The highest BCUT2D eigenvalue weighted by atomic mass is 79.9. The lowest BCUT2D eigenvalue weighted by Crippen LogP contribution is -2.41. The highest BCUT2D eigenvalue weighted by Crippen LogP contribution is 2.18. The van der Waals surface area contributed by atoms with Crippen molar-refractivity contribution < 1.29 is 0 Å². The molecule has 2 aromatic heterocycles. The second-order valence-corrected chi connectivity index (χ2v) is 6.21. The van der Waals surface area contributed by atoms with E-state index in [2.05, 4.69) is 43.0 Å². The van der Waals surface area contributed by atoms with Gasteiger partial charge in [-0.3, -0.25) is 4.90 Å². The van der Waals surface area contributed by atoms with Gasteiger partial charge in [-0.1, -0.05) is 6.42 Å². The van der Waals surface area contributed by atoms with Crippen LogP contribution in [0.25, 0.3) is 5.65 Å². The van der Waals surface area contributed by atoms with Crippen LogP contribution in [0, 0.1) is 0 Å². The minimum absolute atomic E-state index is 0.520. The molecule has 6 heteroatoms. The van der Waals surface area contributed by atoms with Crippen LogP contribution in [0.1, 0.15) is 26.2 Å². The maximum absolute atomic E-state index is 4.49. The van der Waals surface area contributed by atoms with E-state index in [1.54, 1.807) is 6.20 Å². The number of imidazole rings is 1. The largest absolute Gasteiger partial charge is 0.365 e. The lowest BCUT2D eigenvalue weighted by Gasteiger charge is -2.32. The summed E-state index contributed by atoms with van der Waals surface area (Å²) in [6.45, 7) is 5.60. The Bertz CT molecular complexity index is 576. The van der Waals surface area contributed by atoms with Crippen molar-refractivity contribution in [3.05, 3.63) is 23.2 Å². The van der Waals surface area contributed by atoms with Crippen LogP contribution < -0.4 is 5.32 Å². The van der Waals surface area contributed by atoms with Gasteiger partial charge in [-0.2, -0.15) is 0 Å². The Kier molecular flexibility index (Phi) is 4.21. The minimum Gasteiger partial charge on any atom is -0.365 e. The number of hydrogen-bond donors (Lipinski definition) is 1. The van der Waals surface area contributed by atoms with E-state index in [1.165, 1.54) is 32.4 Å². The Morgan fingerprint density at radius 2 is 2.15 bits per heavy atom. The van der Waals surface area contributed by atoms with Gasteiger partial charge in [0.1, 0.15) is 4.60 Å². The third-order valence-electron chi connectivity index (χ3n) is 3.92. The molecule has 1 N–H and O–H groups in total. The molecule has 0 aromatic carbocycles. The van der Waals surface area contributed by atoms with E-state index < -0.39 is 0 Å². The number of hydrogen-bond acceptors (Lipinski definition) is 4. The molecule has 3 heterocycles. The van der Waals surface area contributed by atoms with E-state index >= 15 is 0 Å². The molecule has 0 radical (unpaired) electrons. The van der Waals surface area contributed by atoms with Crippen molar-refractivity contribution in [1.29, 1.82) is 0 Å². The molecule has 1 aliphatic heterocycles. The highest BCUT2D eigenvalue weighted by Gasteiger charge is 2.17. The summed E-state index contributed by atoms with van der Waals surface area (Å²) in [5.41, 5.74) is 0.874. The second kappa shape index (κ2) is 6.10. The number of fused-ring (bicyclic) bond motifs is 1. The molecule has 1 saturated heterocycles. The summed E-state index contributed by atoms with van der Waals surface area (Å²) in [5.74, 6) is 0.841. The zero-order valence-corrected chi connectivity index (χ0v) is 13.3. The van der Waals surface area contributed by atoms with Gasteiger partial charge in [-0.05, 0) is 48.8 Å². The molecule has 1 atom stereocenters. The fraction of sp³-hybridized carbons (Fsp3) is 0.571. The van der Waals surface area contributed by atoms with E-state index in [0.29, 0.717) is 6.04 Å². The van der Waals surface area contributed by atoms with Gasteiger partial charge in [-0.15, -0.1) is 0 Å². The normalized spacial score (nSPS) is 18.3. The van der Waals surface area contributed by atoms with E-state index in [-0.39, 0.29) is 0 Å². The molecule has 108 valence electrons. The summed E-state index contributed by atoms with van der Waals surface area (Å²) in [7, 11) is 0. The van der Waals surface area contributed by atoms with Gasteiger partial charge in [0.05, 0.1) is 0 Å². The zero-order chi connectivity index (χ0) is 13.9. The molecular weight excluding hydrogens is 318 g/mol. The van der Waals surface area contributed by atoms with Gasteiger partial charge in [0.2, 0.25) is 0 Å². The van der Waals surface area contributed by atoms with Gasteiger partial charge in [0.15, 0.2) is 11.5 Å². The molecule has 0 amide bonds. The molecule has 0 spiro atoms. The molecule has 3 rings (SSSR count). The summed E-state index contributed by atoms with van der Waals surface area (Å²) >= 11 is 3.44. The number of anilines is 1. The van der Waals surface area contributed by atoms with Crippen LogP contribution in [-0.4, -0.2) is 44.9 Å². The van der Waals surface area contributed by atoms with E-state index in [4.69, 9.17) is 0 Å². The van der Waals surface area contributed by atoms with Crippen LogP contribution in [0.3, 0.4) is 0 Å². The van der Waals surface area contributed by atoms with Crippen molar-refractivity contribution in [2.24, 2.45) is 0 Å². The fourth-order valence-corrected chi connectivity index (χ4v) is 3.15. The molecule has 20 heavy (non-hydrogen) atoms. The topological polar surface area (TPSA) is 45.5 Å². The summed E-state index contributed by atoms with van der Waals surface area (Å²) < 4.78 is 2.79. The zero-order valence-electron chi connectivity index (χ0n) is 11.7. The first kappa shape index (κ1) is 13.8. The van der Waals surface area contributed by atoms with Crippen LogP contribution in [-0.2, 0) is 0 Å². The Labute approximate surface area is 127 Å². The van der Waals surface area contributed by atoms with E-state index in [0.717, 1.165) is 22.6 Å². The molecule has 5 nitrogen and oxygen atoms in total. The monoisotopic (exact) mass is 337 g/mol. The lowest BCUT2D eigenvalue weighted by atomic mass is 10.1. The predicted octanol–water partition coefficient (Wildman–Crippen LogP) is 2.78. The number of rotatable bonds is 4. The van der Waals surface area contributed by atoms with Gasteiger partial charge in [-0.25, -0.2) is 9.97 Å². The average Bonchev–Trinajstić information content (AvgIpc) is 2.93. The molecule has 1 fully saturated rings. The first-order valence-corrected chi connectivity index (χ1v) is 8.00. The minimum atomic E-state index is 0.520. The SMILES string of the molecule is CC(CNc1nc(Br)cn2ccnc12)N1CCCCC1. The van der Waals surface area contributed by atoms with Crippen LogP contribution in [0.2, 0.25) is 0 Å². The Balaban J connectivity index is 1.68. The molecule has 1 aliphatic rings. The predicted molar refractivity (Wildman–Crippen MR) is 84.1 cm³/mol. The number of halogens is 1. The Morgan fingerprint density at radius 3 is 2.95 bits per heavy atom. The number of aromatic nitrogens is 3. The van der Waals surface area contributed by atoms with Crippen molar-refractivity contribution in [3.8, 4) is 0 Å². The van der Waals surface area contributed by atoms with Gasteiger partial charge in [0, 0.05) is 31.2 Å². The van der Waals surface area contributed by atoms with Gasteiger partial charge >= 0.3 is 0 Å². The summed E-state index contributed by atoms with van der Waals surface area (Å²) in [6.07, 6.45) is 9.66. The van der Waals surface area contributed by atoms with Gasteiger partial charge in [0.25, 0.3) is 0 Å². The number of nitrogens with zero attached hydrogens (tertiary/aromatic N) is 4. The molecule has 0 aliphatic carbocycles. The Hall–Kier alpha value is -1.14. The summed E-state index contributed by atoms with van der Waals surface area (Å²) in [4.78, 5) is 11.4. The number of likely N-dealkylation sites (tertiary alicyclic amines) is 1. The molecule has 2 aromatic rings. The van der Waals surface area contributed by atoms with Crippen molar-refractivity contribution >= 4 is 27.4 Å². The van der Waals surface area contributed by atoms with Crippen molar-refractivity contribution in [3.63, 3.8) is 0 Å². The van der Waals surface area contributed by atoms with Crippen molar-refractivity contribution in [2.75, 3.05) is 25.0 Å². The van der Waals surface area contributed by atoms with Crippen LogP contribution in [0.5, 0.6) is 0 Å². The van der Waals surface area contributed by atoms with Crippen molar-refractivity contribution in [1.82, 2.24) is 19.3 Å².